The van der Waals surface area contributed by atoms with E-state index in [1.165, 1.54) is 13.8 Å². The lowest BCUT2D eigenvalue weighted by Crippen LogP contribution is -2.37. The van der Waals surface area contributed by atoms with E-state index in [1.54, 1.807) is 13.8 Å². The second-order valence-corrected chi connectivity index (χ2v) is 5.58. The van der Waals surface area contributed by atoms with Gasteiger partial charge < -0.3 is 0 Å². The summed E-state index contributed by atoms with van der Waals surface area (Å²) in [6.45, 7) is 5.77. The standard InChI is InChI=1S/C8H15F3S/c1-6(2,8(9,10)11)5-7(3,4)12/h12H,5H2,1-4H3. The number of halogens is 3. The monoisotopic (exact) mass is 200 g/mol. The molecule has 0 N–H and O–H groups in total. The third-order valence-corrected chi connectivity index (χ3v) is 1.80. The minimum atomic E-state index is -4.15. The first-order valence-corrected chi connectivity index (χ1v) is 4.19. The molecule has 0 unspecified atom stereocenters. The van der Waals surface area contributed by atoms with Gasteiger partial charge in [0.1, 0.15) is 0 Å². The third-order valence-electron chi connectivity index (χ3n) is 1.64. The molecule has 0 aromatic rings. The molecule has 0 spiro atoms. The summed E-state index contributed by atoms with van der Waals surface area (Å²) in [6.07, 6.45) is -4.13. The number of hydrogen-bond donors (Lipinski definition) is 1. The van der Waals surface area contributed by atoms with Gasteiger partial charge in [-0.3, -0.25) is 0 Å². The molecule has 74 valence electrons. The molecular weight excluding hydrogens is 185 g/mol. The SMILES string of the molecule is CC(C)(S)CC(C)(C)C(F)(F)F. The number of alkyl halides is 3. The minimum absolute atomic E-state index is 0.0204. The van der Waals surface area contributed by atoms with E-state index >= 15 is 0 Å². The molecule has 0 bridgehead atoms. The molecule has 0 fully saturated rings. The van der Waals surface area contributed by atoms with Gasteiger partial charge in [-0.05, 0) is 6.42 Å². The van der Waals surface area contributed by atoms with Crippen molar-refractivity contribution in [2.24, 2.45) is 5.41 Å². The maximum atomic E-state index is 12.3. The van der Waals surface area contributed by atoms with Gasteiger partial charge >= 0.3 is 6.18 Å². The second kappa shape index (κ2) is 3.13. The summed E-state index contributed by atoms with van der Waals surface area (Å²) >= 11 is 4.08. The number of hydrogen-bond acceptors (Lipinski definition) is 1. The highest BCUT2D eigenvalue weighted by molar-refractivity contribution is 7.81. The quantitative estimate of drug-likeness (QED) is 0.646. The molecule has 0 atom stereocenters. The van der Waals surface area contributed by atoms with E-state index < -0.39 is 16.3 Å². The Bertz CT molecular complexity index is 153. The fourth-order valence-electron chi connectivity index (χ4n) is 1.18. The summed E-state index contributed by atoms with van der Waals surface area (Å²) in [5.74, 6) is 0. The van der Waals surface area contributed by atoms with E-state index in [1.807, 2.05) is 0 Å². The van der Waals surface area contributed by atoms with Crippen LogP contribution in [0, 0.1) is 5.41 Å². The molecule has 0 heterocycles. The Kier molecular flexibility index (Phi) is 3.16. The molecule has 4 heteroatoms. The van der Waals surface area contributed by atoms with Crippen LogP contribution in [0.15, 0.2) is 0 Å². The van der Waals surface area contributed by atoms with Crippen LogP contribution < -0.4 is 0 Å². The molecule has 0 saturated heterocycles. The van der Waals surface area contributed by atoms with Crippen LogP contribution in [0.3, 0.4) is 0 Å². The topological polar surface area (TPSA) is 0 Å². The van der Waals surface area contributed by atoms with Crippen molar-refractivity contribution in [2.45, 2.75) is 45.0 Å². The van der Waals surface area contributed by atoms with Crippen LogP contribution in [0.1, 0.15) is 34.1 Å². The molecule has 0 aliphatic carbocycles. The van der Waals surface area contributed by atoms with Gasteiger partial charge in [0, 0.05) is 4.75 Å². The number of thiol groups is 1. The zero-order valence-corrected chi connectivity index (χ0v) is 8.68. The molecule has 0 aromatic carbocycles. The normalized spacial score (nSPS) is 15.0. The first kappa shape index (κ1) is 12.1. The fraction of sp³-hybridized carbons (Fsp3) is 1.00. The first-order chi connectivity index (χ1) is 4.96. The molecule has 0 rings (SSSR count). The molecule has 0 aliphatic rings. The molecule has 0 radical (unpaired) electrons. The average Bonchev–Trinajstić information content (AvgIpc) is 1.52. The first-order valence-electron chi connectivity index (χ1n) is 3.75. The van der Waals surface area contributed by atoms with Crippen molar-refractivity contribution in [3.05, 3.63) is 0 Å². The predicted molar refractivity (Wildman–Crippen MR) is 47.5 cm³/mol. The highest BCUT2D eigenvalue weighted by Crippen LogP contribution is 2.44. The van der Waals surface area contributed by atoms with E-state index in [4.69, 9.17) is 0 Å². The van der Waals surface area contributed by atoms with Crippen LogP contribution in [-0.4, -0.2) is 10.9 Å². The van der Waals surface area contributed by atoms with Gasteiger partial charge in [0.05, 0.1) is 5.41 Å². The summed E-state index contributed by atoms with van der Waals surface area (Å²) in [5, 5.41) is 0. The summed E-state index contributed by atoms with van der Waals surface area (Å²) in [7, 11) is 0. The van der Waals surface area contributed by atoms with Gasteiger partial charge in [-0.2, -0.15) is 25.8 Å². The van der Waals surface area contributed by atoms with Crippen molar-refractivity contribution in [1.82, 2.24) is 0 Å². The van der Waals surface area contributed by atoms with Crippen molar-refractivity contribution < 1.29 is 13.2 Å². The summed E-state index contributed by atoms with van der Waals surface area (Å²) < 4.78 is 36.4. The second-order valence-electron chi connectivity index (χ2n) is 4.37. The summed E-state index contributed by atoms with van der Waals surface area (Å²) in [5.41, 5.74) is -1.65. The fourth-order valence-corrected chi connectivity index (χ4v) is 1.58. The van der Waals surface area contributed by atoms with Crippen molar-refractivity contribution in [3.63, 3.8) is 0 Å². The third kappa shape index (κ3) is 3.70. The Morgan fingerprint density at radius 1 is 1.00 bits per heavy atom. The van der Waals surface area contributed by atoms with Gasteiger partial charge in [0.2, 0.25) is 0 Å². The Balaban J connectivity index is 4.44. The molecule has 0 saturated carbocycles. The average molecular weight is 200 g/mol. The maximum Gasteiger partial charge on any atom is 0.394 e. The summed E-state index contributed by atoms with van der Waals surface area (Å²) in [4.78, 5) is 0. The Morgan fingerprint density at radius 2 is 1.33 bits per heavy atom. The Morgan fingerprint density at radius 3 is 1.42 bits per heavy atom. The minimum Gasteiger partial charge on any atom is -0.173 e. The van der Waals surface area contributed by atoms with Gasteiger partial charge in [-0.15, -0.1) is 0 Å². The van der Waals surface area contributed by atoms with Gasteiger partial charge in [0.15, 0.2) is 0 Å². The lowest BCUT2D eigenvalue weighted by atomic mass is 9.83. The molecule has 0 aliphatic heterocycles. The van der Waals surface area contributed by atoms with Crippen LogP contribution in [-0.2, 0) is 0 Å². The lowest BCUT2D eigenvalue weighted by Gasteiger charge is -2.33. The van der Waals surface area contributed by atoms with Gasteiger partial charge in [0.25, 0.3) is 0 Å². The molecular formula is C8H15F3S. The van der Waals surface area contributed by atoms with E-state index in [0.29, 0.717) is 0 Å². The largest absolute Gasteiger partial charge is 0.394 e. The van der Waals surface area contributed by atoms with Crippen LogP contribution in [0.5, 0.6) is 0 Å². The van der Waals surface area contributed by atoms with Crippen molar-refractivity contribution in [2.75, 3.05) is 0 Å². The highest BCUT2D eigenvalue weighted by atomic mass is 32.1. The summed E-state index contributed by atoms with van der Waals surface area (Å²) in [6, 6.07) is 0. The van der Waals surface area contributed by atoms with Crippen LogP contribution in [0.2, 0.25) is 0 Å². The van der Waals surface area contributed by atoms with Crippen molar-refractivity contribution in [1.29, 1.82) is 0 Å². The van der Waals surface area contributed by atoms with Crippen molar-refractivity contribution >= 4 is 12.6 Å². The number of rotatable bonds is 2. The smallest absolute Gasteiger partial charge is 0.173 e. The molecule has 0 amide bonds. The van der Waals surface area contributed by atoms with E-state index in [0.717, 1.165) is 0 Å². The van der Waals surface area contributed by atoms with E-state index in [2.05, 4.69) is 12.6 Å². The van der Waals surface area contributed by atoms with Gasteiger partial charge in [-0.1, -0.05) is 27.7 Å². The lowest BCUT2D eigenvalue weighted by molar-refractivity contribution is -0.215. The molecule has 0 aromatic heterocycles. The van der Waals surface area contributed by atoms with E-state index in [9.17, 15) is 13.2 Å². The Hall–Kier alpha value is 0.140. The zero-order chi connectivity index (χ0) is 10.2. The van der Waals surface area contributed by atoms with Crippen molar-refractivity contribution in [3.8, 4) is 0 Å². The molecule has 0 nitrogen and oxygen atoms in total. The predicted octanol–water partition coefficient (Wildman–Crippen LogP) is 3.67. The van der Waals surface area contributed by atoms with Crippen LogP contribution in [0.25, 0.3) is 0 Å². The molecule has 12 heavy (non-hydrogen) atoms. The van der Waals surface area contributed by atoms with Crippen LogP contribution in [0.4, 0.5) is 13.2 Å². The highest BCUT2D eigenvalue weighted by Gasteiger charge is 2.48. The Labute approximate surface area is 76.9 Å². The van der Waals surface area contributed by atoms with Crippen LogP contribution >= 0.6 is 12.6 Å². The van der Waals surface area contributed by atoms with Gasteiger partial charge in [-0.25, -0.2) is 0 Å². The zero-order valence-electron chi connectivity index (χ0n) is 7.79. The maximum absolute atomic E-state index is 12.3. The van der Waals surface area contributed by atoms with E-state index in [-0.39, 0.29) is 6.42 Å².